The second kappa shape index (κ2) is 12.5. The van der Waals surface area contributed by atoms with Gasteiger partial charge in [-0.05, 0) is 89.3 Å². The van der Waals surface area contributed by atoms with Crippen LogP contribution in [0.25, 0.3) is 0 Å². The lowest BCUT2D eigenvalue weighted by molar-refractivity contribution is 0.252. The molecule has 1 aliphatic rings. The molecule has 9 heteroatoms. The van der Waals surface area contributed by atoms with Crippen molar-refractivity contribution in [3.8, 4) is 0 Å². The summed E-state index contributed by atoms with van der Waals surface area (Å²) in [6.07, 6.45) is 5.53. The van der Waals surface area contributed by atoms with Crippen LogP contribution in [0.1, 0.15) is 24.8 Å². The third-order valence-electron chi connectivity index (χ3n) is 5.91. The minimum absolute atomic E-state index is 0.242. The number of hydrogen-bond acceptors (Lipinski definition) is 4. The van der Waals surface area contributed by atoms with Crippen molar-refractivity contribution in [3.63, 3.8) is 0 Å². The van der Waals surface area contributed by atoms with E-state index in [2.05, 4.69) is 53.5 Å². The van der Waals surface area contributed by atoms with Gasteiger partial charge in [-0.25, -0.2) is 9.78 Å². The summed E-state index contributed by atoms with van der Waals surface area (Å²) in [5.74, 6) is 0.801. The molecule has 1 fully saturated rings. The Morgan fingerprint density at radius 3 is 2.46 bits per heavy atom. The van der Waals surface area contributed by atoms with Crippen LogP contribution in [0.4, 0.5) is 22.0 Å². The number of urea groups is 1. The zero-order valence-electron chi connectivity index (χ0n) is 19.3. The molecule has 0 bridgehead atoms. The number of amides is 2. The van der Waals surface area contributed by atoms with Crippen LogP contribution in [0, 0.1) is 0 Å². The monoisotopic (exact) mass is 575 g/mol. The van der Waals surface area contributed by atoms with E-state index >= 15 is 0 Å². The number of halogens is 3. The zero-order valence-corrected chi connectivity index (χ0v) is 22.4. The van der Waals surface area contributed by atoms with E-state index < -0.39 is 0 Å². The Balaban J connectivity index is 1.32. The summed E-state index contributed by atoms with van der Waals surface area (Å²) in [6, 6.07) is 17.2. The largest absolute Gasteiger partial charge is 0.372 e. The van der Waals surface area contributed by atoms with Crippen molar-refractivity contribution in [1.82, 2.24) is 10.3 Å². The van der Waals surface area contributed by atoms with Gasteiger partial charge in [-0.2, -0.15) is 0 Å². The van der Waals surface area contributed by atoms with E-state index in [4.69, 9.17) is 23.2 Å². The summed E-state index contributed by atoms with van der Waals surface area (Å²) < 4.78 is 0.902. The highest BCUT2D eigenvalue weighted by Crippen LogP contribution is 2.25. The Hall–Kier alpha value is -2.48. The van der Waals surface area contributed by atoms with Gasteiger partial charge in [0, 0.05) is 54.8 Å². The molecule has 4 rings (SSSR count). The van der Waals surface area contributed by atoms with Crippen molar-refractivity contribution in [2.45, 2.75) is 25.8 Å². The first-order valence-electron chi connectivity index (χ1n) is 11.7. The van der Waals surface area contributed by atoms with Gasteiger partial charge in [0.1, 0.15) is 5.82 Å². The molecule has 0 atom stereocenters. The number of carbonyl (C=O) groups excluding carboxylic acids is 1. The fourth-order valence-corrected chi connectivity index (χ4v) is 4.63. The van der Waals surface area contributed by atoms with Crippen molar-refractivity contribution in [2.24, 2.45) is 0 Å². The number of nitrogens with zero attached hydrogens (tertiary/aromatic N) is 3. The molecule has 1 aromatic heterocycles. The molecule has 35 heavy (non-hydrogen) atoms. The highest BCUT2D eigenvalue weighted by molar-refractivity contribution is 9.10. The lowest BCUT2D eigenvalue weighted by Gasteiger charge is -2.28. The molecule has 0 spiro atoms. The SMILES string of the molecule is O=C(NCCN(Cc1ccc(Cl)c(Cl)c1)c1ccc(Br)cn1)Nc1ccc(N2CCCCC2)cc1. The fourth-order valence-electron chi connectivity index (χ4n) is 4.08. The number of hydrogen-bond donors (Lipinski definition) is 2. The molecular formula is C26H28BrCl2N5O. The molecule has 0 radical (unpaired) electrons. The Morgan fingerprint density at radius 2 is 1.77 bits per heavy atom. The lowest BCUT2D eigenvalue weighted by Crippen LogP contribution is -2.37. The Kier molecular flexibility index (Phi) is 9.12. The van der Waals surface area contributed by atoms with E-state index in [0.29, 0.717) is 29.7 Å². The van der Waals surface area contributed by atoms with Crippen molar-refractivity contribution in [3.05, 3.63) is 80.9 Å². The first-order valence-corrected chi connectivity index (χ1v) is 13.2. The maximum atomic E-state index is 12.5. The van der Waals surface area contributed by atoms with Crippen LogP contribution >= 0.6 is 39.1 Å². The summed E-state index contributed by atoms with van der Waals surface area (Å²) >= 11 is 15.7. The Labute approximate surface area is 224 Å². The summed E-state index contributed by atoms with van der Waals surface area (Å²) in [4.78, 5) is 21.5. The number of aromatic nitrogens is 1. The van der Waals surface area contributed by atoms with Gasteiger partial charge in [0.05, 0.1) is 10.0 Å². The van der Waals surface area contributed by atoms with Crippen LogP contribution in [-0.4, -0.2) is 37.2 Å². The molecule has 0 aliphatic carbocycles. The molecule has 2 aromatic carbocycles. The van der Waals surface area contributed by atoms with Crippen molar-refractivity contribution >= 4 is 62.4 Å². The molecule has 0 saturated carbocycles. The number of benzene rings is 2. The van der Waals surface area contributed by atoms with Crippen LogP contribution in [0.2, 0.25) is 10.0 Å². The first kappa shape index (κ1) is 25.6. The molecule has 3 aromatic rings. The fraction of sp³-hybridized carbons (Fsp3) is 0.308. The lowest BCUT2D eigenvalue weighted by atomic mass is 10.1. The van der Waals surface area contributed by atoms with Crippen LogP contribution in [0.5, 0.6) is 0 Å². The third kappa shape index (κ3) is 7.50. The van der Waals surface area contributed by atoms with Crippen molar-refractivity contribution in [2.75, 3.05) is 41.3 Å². The number of anilines is 3. The van der Waals surface area contributed by atoms with E-state index in [-0.39, 0.29) is 6.03 Å². The molecule has 6 nitrogen and oxygen atoms in total. The molecule has 2 amide bonds. The molecule has 2 heterocycles. The number of nitrogens with one attached hydrogen (secondary N) is 2. The van der Waals surface area contributed by atoms with Crippen LogP contribution in [0.3, 0.4) is 0 Å². The van der Waals surface area contributed by atoms with Crippen LogP contribution < -0.4 is 20.4 Å². The second-order valence-corrected chi connectivity index (χ2v) is 10.2. The van der Waals surface area contributed by atoms with Gasteiger partial charge >= 0.3 is 6.03 Å². The average molecular weight is 577 g/mol. The van der Waals surface area contributed by atoms with Crippen LogP contribution in [-0.2, 0) is 6.54 Å². The van der Waals surface area contributed by atoms with E-state index in [0.717, 1.165) is 34.6 Å². The van der Waals surface area contributed by atoms with Gasteiger partial charge in [0.2, 0.25) is 0 Å². The standard InChI is InChI=1S/C26H28BrCl2N5O/c27-20-5-11-25(31-17-20)34(18-19-4-10-23(28)24(29)16-19)15-12-30-26(35)32-21-6-8-22(9-7-21)33-13-2-1-3-14-33/h4-11,16-17H,1-3,12-15,18H2,(H2,30,32,35). The van der Waals surface area contributed by atoms with E-state index in [1.807, 2.05) is 36.4 Å². The predicted molar refractivity (Wildman–Crippen MR) is 149 cm³/mol. The summed E-state index contributed by atoms with van der Waals surface area (Å²) in [5, 5.41) is 6.89. The number of pyridine rings is 1. The van der Waals surface area contributed by atoms with Crippen LogP contribution in [0.15, 0.2) is 65.3 Å². The van der Waals surface area contributed by atoms with Gasteiger partial charge in [0.15, 0.2) is 0 Å². The van der Waals surface area contributed by atoms with Crippen molar-refractivity contribution < 1.29 is 4.79 Å². The minimum atomic E-state index is -0.242. The quantitative estimate of drug-likeness (QED) is 0.304. The summed E-state index contributed by atoms with van der Waals surface area (Å²) in [6.45, 7) is 3.78. The number of rotatable bonds is 8. The number of carbonyl (C=O) groups is 1. The molecule has 1 saturated heterocycles. The van der Waals surface area contributed by atoms with Gasteiger partial charge in [0.25, 0.3) is 0 Å². The predicted octanol–water partition coefficient (Wildman–Crippen LogP) is 6.97. The average Bonchev–Trinajstić information content (AvgIpc) is 2.87. The van der Waals surface area contributed by atoms with Gasteiger partial charge in [-0.3, -0.25) is 0 Å². The van der Waals surface area contributed by atoms with Gasteiger partial charge in [-0.1, -0.05) is 29.3 Å². The van der Waals surface area contributed by atoms with E-state index in [9.17, 15) is 4.79 Å². The maximum absolute atomic E-state index is 12.5. The minimum Gasteiger partial charge on any atom is -0.372 e. The Bertz CT molecular complexity index is 1120. The maximum Gasteiger partial charge on any atom is 0.319 e. The molecule has 2 N–H and O–H groups in total. The topological polar surface area (TPSA) is 60.5 Å². The third-order valence-corrected chi connectivity index (χ3v) is 7.11. The van der Waals surface area contributed by atoms with E-state index in [1.165, 1.54) is 24.9 Å². The molecule has 0 unspecified atom stereocenters. The smallest absolute Gasteiger partial charge is 0.319 e. The second-order valence-electron chi connectivity index (χ2n) is 8.48. The van der Waals surface area contributed by atoms with E-state index in [1.54, 1.807) is 12.3 Å². The normalized spacial score (nSPS) is 13.4. The molecule has 184 valence electrons. The summed E-state index contributed by atoms with van der Waals surface area (Å²) in [7, 11) is 0. The van der Waals surface area contributed by atoms with Crippen molar-refractivity contribution in [1.29, 1.82) is 0 Å². The van der Waals surface area contributed by atoms with Gasteiger partial charge < -0.3 is 20.4 Å². The molecule has 1 aliphatic heterocycles. The summed E-state index contributed by atoms with van der Waals surface area (Å²) in [5.41, 5.74) is 2.98. The highest BCUT2D eigenvalue weighted by atomic mass is 79.9. The highest BCUT2D eigenvalue weighted by Gasteiger charge is 2.13. The molecular weight excluding hydrogens is 549 g/mol. The number of piperidine rings is 1. The zero-order chi connectivity index (χ0) is 24.6. The first-order chi connectivity index (χ1) is 17.0. The van der Waals surface area contributed by atoms with Gasteiger partial charge in [-0.15, -0.1) is 0 Å². The Morgan fingerprint density at radius 1 is 1.00 bits per heavy atom.